The summed E-state index contributed by atoms with van der Waals surface area (Å²) in [4.78, 5) is 24.7. The van der Waals surface area contributed by atoms with Gasteiger partial charge in [0.05, 0.1) is 5.56 Å². The van der Waals surface area contributed by atoms with E-state index in [-0.39, 0.29) is 11.8 Å². The number of carbonyl (C=O) groups is 2. The molecule has 2 rings (SSSR count). The average Bonchev–Trinajstić information content (AvgIpc) is 2.73. The highest BCUT2D eigenvalue weighted by Crippen LogP contribution is 2.37. The van der Waals surface area contributed by atoms with Crippen molar-refractivity contribution in [1.29, 1.82) is 0 Å². The molecule has 0 radical (unpaired) electrons. The predicted molar refractivity (Wildman–Crippen MR) is 76.0 cm³/mol. The van der Waals surface area contributed by atoms with Crippen molar-refractivity contribution in [3.8, 4) is 0 Å². The van der Waals surface area contributed by atoms with Gasteiger partial charge in [-0.3, -0.25) is 4.79 Å². The minimum Gasteiger partial charge on any atom is -0.456 e. The van der Waals surface area contributed by atoms with E-state index in [2.05, 4.69) is 0 Å². The molecule has 1 aromatic carbocycles. The van der Waals surface area contributed by atoms with E-state index in [0.29, 0.717) is 5.56 Å². The molecule has 1 aliphatic rings. The predicted octanol–water partition coefficient (Wildman–Crippen LogP) is 3.49. The van der Waals surface area contributed by atoms with E-state index in [9.17, 15) is 9.59 Å². The molecule has 0 fully saturated rings. The van der Waals surface area contributed by atoms with Crippen LogP contribution in [0.2, 0.25) is 0 Å². The molecule has 3 nitrogen and oxygen atoms in total. The van der Waals surface area contributed by atoms with Crippen molar-refractivity contribution in [2.24, 2.45) is 0 Å². The third kappa shape index (κ3) is 3.00. The van der Waals surface area contributed by atoms with Crippen LogP contribution in [0.5, 0.6) is 0 Å². The number of ketones is 1. The van der Waals surface area contributed by atoms with E-state index < -0.39 is 5.60 Å². The lowest BCUT2D eigenvalue weighted by molar-refractivity contribution is 0.00652. The van der Waals surface area contributed by atoms with Crippen molar-refractivity contribution in [3.63, 3.8) is 0 Å². The van der Waals surface area contributed by atoms with Gasteiger partial charge in [-0.05, 0) is 45.7 Å². The number of rotatable bonds is 2. The van der Waals surface area contributed by atoms with E-state index in [0.717, 1.165) is 28.2 Å². The van der Waals surface area contributed by atoms with Crippen LogP contribution in [0.4, 0.5) is 0 Å². The first-order valence-electron chi connectivity index (χ1n) is 6.32. The number of esters is 1. The number of Topliss-reactive ketones (excluding diaryl/α,β-unsaturated/α-hetero) is 1. The van der Waals surface area contributed by atoms with Gasteiger partial charge in [-0.25, -0.2) is 4.79 Å². The Morgan fingerprint density at radius 2 is 1.84 bits per heavy atom. The Balaban J connectivity index is 2.42. The van der Waals surface area contributed by atoms with Crippen LogP contribution in [0.1, 0.15) is 54.0 Å². The molecule has 19 heavy (non-hydrogen) atoms. The molecule has 0 bridgehead atoms. The van der Waals surface area contributed by atoms with Crippen LogP contribution in [-0.4, -0.2) is 23.1 Å². The molecular formula is C15H18O3S. The Labute approximate surface area is 117 Å². The summed E-state index contributed by atoms with van der Waals surface area (Å²) in [5, 5.41) is 0. The zero-order chi connectivity index (χ0) is 14.2. The van der Waals surface area contributed by atoms with Crippen molar-refractivity contribution < 1.29 is 14.3 Å². The fraction of sp³-hybridized carbons (Fsp3) is 0.467. The van der Waals surface area contributed by atoms with Crippen molar-refractivity contribution >= 4 is 23.5 Å². The highest BCUT2D eigenvalue weighted by Gasteiger charge is 2.26. The van der Waals surface area contributed by atoms with Gasteiger partial charge in [-0.2, -0.15) is 0 Å². The molecule has 0 atom stereocenters. The van der Waals surface area contributed by atoms with Gasteiger partial charge in [0, 0.05) is 16.2 Å². The van der Waals surface area contributed by atoms with E-state index in [1.54, 1.807) is 30.8 Å². The quantitative estimate of drug-likeness (QED) is 0.613. The van der Waals surface area contributed by atoms with Crippen LogP contribution >= 0.6 is 11.8 Å². The molecule has 4 heteroatoms. The lowest BCUT2D eigenvalue weighted by Gasteiger charge is -2.20. The molecule has 0 aliphatic carbocycles. The average molecular weight is 278 g/mol. The molecule has 0 amide bonds. The third-order valence-corrected chi connectivity index (χ3v) is 4.02. The van der Waals surface area contributed by atoms with Crippen LogP contribution < -0.4 is 0 Å². The summed E-state index contributed by atoms with van der Waals surface area (Å²) in [6.07, 6.45) is 0.839. The van der Waals surface area contributed by atoms with Crippen molar-refractivity contribution in [3.05, 3.63) is 28.8 Å². The fourth-order valence-corrected chi connectivity index (χ4v) is 3.32. The van der Waals surface area contributed by atoms with Gasteiger partial charge < -0.3 is 4.74 Å². The number of fused-ring (bicyclic) bond motifs is 1. The summed E-state index contributed by atoms with van der Waals surface area (Å²) in [6.45, 7) is 7.11. The Kier molecular flexibility index (Phi) is 3.72. The largest absolute Gasteiger partial charge is 0.456 e. The van der Waals surface area contributed by atoms with Crippen molar-refractivity contribution in [2.45, 2.75) is 44.6 Å². The lowest BCUT2D eigenvalue weighted by atomic mass is 9.99. The topological polar surface area (TPSA) is 43.4 Å². The second-order valence-electron chi connectivity index (χ2n) is 5.62. The van der Waals surface area contributed by atoms with E-state index in [1.807, 2.05) is 20.8 Å². The maximum atomic E-state index is 12.2. The number of hydrogen-bond acceptors (Lipinski definition) is 4. The van der Waals surface area contributed by atoms with Gasteiger partial charge in [0.15, 0.2) is 5.78 Å². The number of carbonyl (C=O) groups excluding carboxylic acids is 2. The van der Waals surface area contributed by atoms with Crippen LogP contribution in [0.15, 0.2) is 17.0 Å². The van der Waals surface area contributed by atoms with Gasteiger partial charge >= 0.3 is 5.97 Å². The SMILES string of the molecule is CC(=O)c1ccc(C(=O)OC(C)(C)C)c2c1CCS2. The van der Waals surface area contributed by atoms with Crippen LogP contribution in [0.3, 0.4) is 0 Å². The van der Waals surface area contributed by atoms with Gasteiger partial charge in [-0.15, -0.1) is 11.8 Å². The Bertz CT molecular complexity index is 541. The summed E-state index contributed by atoms with van der Waals surface area (Å²) in [5.41, 5.74) is 1.80. The summed E-state index contributed by atoms with van der Waals surface area (Å²) >= 11 is 1.63. The van der Waals surface area contributed by atoms with Crippen molar-refractivity contribution in [1.82, 2.24) is 0 Å². The minimum absolute atomic E-state index is 0.0505. The monoisotopic (exact) mass is 278 g/mol. The van der Waals surface area contributed by atoms with Gasteiger partial charge in [0.1, 0.15) is 5.60 Å². The summed E-state index contributed by atoms with van der Waals surface area (Å²) < 4.78 is 5.41. The summed E-state index contributed by atoms with van der Waals surface area (Å²) in [6, 6.07) is 3.45. The highest BCUT2D eigenvalue weighted by molar-refractivity contribution is 7.99. The Morgan fingerprint density at radius 1 is 1.21 bits per heavy atom. The van der Waals surface area contributed by atoms with Gasteiger partial charge in [0.25, 0.3) is 0 Å². The Morgan fingerprint density at radius 3 is 2.42 bits per heavy atom. The molecule has 0 aromatic heterocycles. The van der Waals surface area contributed by atoms with E-state index in [4.69, 9.17) is 4.74 Å². The zero-order valence-corrected chi connectivity index (χ0v) is 12.5. The van der Waals surface area contributed by atoms with Gasteiger partial charge in [-0.1, -0.05) is 6.07 Å². The van der Waals surface area contributed by atoms with Crippen molar-refractivity contribution in [2.75, 3.05) is 5.75 Å². The first-order valence-corrected chi connectivity index (χ1v) is 7.31. The molecule has 0 N–H and O–H groups in total. The first kappa shape index (κ1) is 14.1. The van der Waals surface area contributed by atoms with Crippen LogP contribution in [0.25, 0.3) is 0 Å². The third-order valence-electron chi connectivity index (χ3n) is 2.86. The fourth-order valence-electron chi connectivity index (χ4n) is 2.12. The molecule has 1 heterocycles. The van der Waals surface area contributed by atoms with E-state index >= 15 is 0 Å². The molecule has 0 unspecified atom stereocenters. The van der Waals surface area contributed by atoms with Gasteiger partial charge in [0.2, 0.25) is 0 Å². The Hall–Kier alpha value is -1.29. The zero-order valence-electron chi connectivity index (χ0n) is 11.7. The molecule has 0 spiro atoms. The minimum atomic E-state index is -0.507. The maximum Gasteiger partial charge on any atom is 0.339 e. The molecule has 0 saturated heterocycles. The molecule has 1 aliphatic heterocycles. The molecule has 0 saturated carbocycles. The molecule has 1 aromatic rings. The summed E-state index contributed by atoms with van der Waals surface area (Å²) in [7, 11) is 0. The normalized spacial score (nSPS) is 14.1. The second kappa shape index (κ2) is 5.00. The molecule has 102 valence electrons. The lowest BCUT2D eigenvalue weighted by Crippen LogP contribution is -2.24. The number of thioether (sulfide) groups is 1. The second-order valence-corrected chi connectivity index (χ2v) is 6.73. The first-order chi connectivity index (χ1) is 8.79. The molecular weight excluding hydrogens is 260 g/mol. The smallest absolute Gasteiger partial charge is 0.339 e. The number of benzene rings is 1. The standard InChI is InChI=1S/C15H18O3S/c1-9(16)10-5-6-12(13-11(10)7-8-19-13)14(17)18-15(2,3)4/h5-6H,7-8H2,1-4H3. The maximum absolute atomic E-state index is 12.2. The van der Waals surface area contributed by atoms with E-state index in [1.165, 1.54) is 0 Å². The highest BCUT2D eigenvalue weighted by atomic mass is 32.2. The van der Waals surface area contributed by atoms with Crippen LogP contribution in [0, 0.1) is 0 Å². The number of hydrogen-bond donors (Lipinski definition) is 0. The summed E-state index contributed by atoms with van der Waals surface area (Å²) in [5.74, 6) is 0.651. The number of ether oxygens (including phenoxy) is 1. The van der Waals surface area contributed by atoms with Crippen LogP contribution in [-0.2, 0) is 11.2 Å².